The first kappa shape index (κ1) is 81.8. The van der Waals surface area contributed by atoms with E-state index in [0.29, 0.717) is 33.2 Å². The molecule has 0 saturated carbocycles. The molecule has 2 aliphatic rings. The minimum atomic E-state index is -5.08. The maximum Gasteiger partial charge on any atom is 0.490 e. The molecule has 2 amide bonds. The molecule has 9 N–H and O–H groups in total. The van der Waals surface area contributed by atoms with Crippen molar-refractivity contribution in [3.8, 4) is 0 Å². The van der Waals surface area contributed by atoms with E-state index in [-0.39, 0.29) is 117 Å². The van der Waals surface area contributed by atoms with Crippen LogP contribution >= 0.6 is 46.4 Å². The van der Waals surface area contributed by atoms with Gasteiger partial charge in [0.1, 0.15) is 0 Å². The van der Waals surface area contributed by atoms with Crippen LogP contribution in [0.5, 0.6) is 0 Å². The Bertz CT molecular complexity index is 3440. The number of rotatable bonds is 26. The average Bonchev–Trinajstić information content (AvgIpc) is 0.783. The first-order valence-electron chi connectivity index (χ1n) is 27.9. The molecule has 7 rings (SSSR count). The number of alkyl halides is 9. The van der Waals surface area contributed by atoms with Crippen LogP contribution in [0.4, 0.5) is 45.2 Å². The van der Waals surface area contributed by atoms with E-state index >= 15 is 0 Å². The molecule has 96 heavy (non-hydrogen) atoms. The van der Waals surface area contributed by atoms with Crippen LogP contribution in [0.2, 0.25) is 20.1 Å². The number of hydrogen-bond acceptors (Lipinski definition) is 16. The summed E-state index contributed by atoms with van der Waals surface area (Å²) in [5.74, 6) is -9.19. The Kier molecular flexibility index (Phi) is 31.8. The fraction of sp³-hybridized carbons (Fsp3) is 0.397. The summed E-state index contributed by atoms with van der Waals surface area (Å²) in [5, 5.41) is 29.2. The van der Waals surface area contributed by atoms with E-state index in [4.69, 9.17) is 101 Å². The number of sulfonamides is 2. The summed E-state index contributed by atoms with van der Waals surface area (Å²) in [6.45, 7) is 4.78. The molecule has 0 spiro atoms. The van der Waals surface area contributed by atoms with Crippen LogP contribution in [0.15, 0.2) is 101 Å². The third-order valence-corrected chi connectivity index (χ3v) is 17.3. The second kappa shape index (κ2) is 37.4. The number of hydrogen-bond donors (Lipinski definition) is 8. The topological polar surface area (TPSA) is 332 Å². The number of benzene rings is 5. The molecule has 0 bridgehead atoms. The van der Waals surface area contributed by atoms with E-state index in [2.05, 4.69) is 29.9 Å². The summed E-state index contributed by atoms with van der Waals surface area (Å²) in [4.78, 5) is 57.0. The smallest absolute Gasteiger partial charge is 0.475 e. The van der Waals surface area contributed by atoms with Crippen molar-refractivity contribution in [1.29, 1.82) is 0 Å². The summed E-state index contributed by atoms with van der Waals surface area (Å²) in [5.41, 5.74) is 12.7. The Morgan fingerprint density at radius 1 is 0.490 bits per heavy atom. The summed E-state index contributed by atoms with van der Waals surface area (Å²) in [7, 11) is -3.53. The zero-order valence-electron chi connectivity index (χ0n) is 50.5. The Labute approximate surface area is 564 Å². The van der Waals surface area contributed by atoms with Crippen LogP contribution in [0.1, 0.15) is 65.9 Å². The van der Waals surface area contributed by atoms with E-state index in [1.54, 1.807) is 36.4 Å². The number of carbonyl (C=O) groups excluding carboxylic acids is 2. The standard InChI is InChI=1S/C52H61Cl4N7O10S2.3C2HF3O2/c1-62-30-45(43-26-38(53)28-49(55)47(43)32-62)34-3-7-41(8-4-34)74(66,67)60-13-17-72-21-19-70-15-11-58-51(64)36-23-37(25-40(57)24-36)52(65)59-12-16-71-20-22-73-18-14-61-75(68,69)42-9-5-35(6-10-42)46-31-63(2)33-48-44(46)27-39(54)29-50(48)56;3*3-2(4,5)1(6)7/h3-10,23-29,45-46,60-61H,11-22,30-33,57H2,1-2H3,(H,58,64)(H,59,65);3*(H,6,7). The number of fused-ring (bicyclic) bond motifs is 2. The van der Waals surface area contributed by atoms with Crippen LogP contribution < -0.4 is 25.8 Å². The van der Waals surface area contributed by atoms with Crippen molar-refractivity contribution in [2.45, 2.75) is 53.2 Å². The van der Waals surface area contributed by atoms with Crippen LogP contribution in [-0.2, 0) is 66.5 Å². The zero-order valence-corrected chi connectivity index (χ0v) is 55.1. The Morgan fingerprint density at radius 2 is 0.781 bits per heavy atom. The molecule has 5 aromatic rings. The lowest BCUT2D eigenvalue weighted by Gasteiger charge is -2.33. The van der Waals surface area contributed by atoms with E-state index in [1.807, 2.05) is 50.5 Å². The molecule has 0 aromatic heterocycles. The van der Waals surface area contributed by atoms with Gasteiger partial charge in [-0.05, 0) is 114 Å². The van der Waals surface area contributed by atoms with Gasteiger partial charge in [0.15, 0.2) is 0 Å². The summed E-state index contributed by atoms with van der Waals surface area (Å²) in [6.07, 6.45) is -15.3. The van der Waals surface area contributed by atoms with Crippen molar-refractivity contribution in [2.75, 3.05) is 112 Å². The fourth-order valence-electron chi connectivity index (χ4n) is 8.92. The molecule has 0 saturated heterocycles. The normalized spacial score (nSPS) is 15.0. The van der Waals surface area contributed by atoms with Crippen LogP contribution in [0, 0.1) is 0 Å². The number of carboxylic acids is 3. The van der Waals surface area contributed by atoms with Crippen molar-refractivity contribution in [1.82, 2.24) is 29.9 Å². The van der Waals surface area contributed by atoms with Gasteiger partial charge in [-0.15, -0.1) is 0 Å². The molecule has 0 fully saturated rings. The third-order valence-electron chi connectivity index (χ3n) is 13.3. The highest BCUT2D eigenvalue weighted by molar-refractivity contribution is 7.89. The van der Waals surface area contributed by atoms with Crippen LogP contribution in [0.25, 0.3) is 0 Å². The Hall–Kier alpha value is -6.64. The van der Waals surface area contributed by atoms with Crippen molar-refractivity contribution < 1.29 is 115 Å². The molecule has 2 aliphatic heterocycles. The van der Waals surface area contributed by atoms with Gasteiger partial charge in [0, 0.05) is 101 Å². The fourth-order valence-corrected chi connectivity index (χ4v) is 12.1. The van der Waals surface area contributed by atoms with Gasteiger partial charge >= 0.3 is 36.4 Å². The number of carbonyl (C=O) groups is 5. The Morgan fingerprint density at radius 3 is 1.07 bits per heavy atom. The number of nitrogen functional groups attached to an aromatic ring is 1. The number of anilines is 1. The highest BCUT2D eigenvalue weighted by Crippen LogP contribution is 2.40. The largest absolute Gasteiger partial charge is 0.490 e. The number of halogens is 13. The third kappa shape index (κ3) is 27.0. The average molecular weight is 1490 g/mol. The highest BCUT2D eigenvalue weighted by Gasteiger charge is 2.40. The predicted molar refractivity (Wildman–Crippen MR) is 332 cm³/mol. The van der Waals surface area contributed by atoms with Gasteiger partial charge < -0.3 is 60.4 Å². The van der Waals surface area contributed by atoms with Crippen molar-refractivity contribution in [3.63, 3.8) is 0 Å². The maximum absolute atomic E-state index is 13.0. The number of nitrogens with one attached hydrogen (secondary N) is 4. The van der Waals surface area contributed by atoms with Crippen molar-refractivity contribution >= 4 is 102 Å². The van der Waals surface area contributed by atoms with Crippen LogP contribution in [0.3, 0.4) is 0 Å². The minimum Gasteiger partial charge on any atom is -0.475 e. The van der Waals surface area contributed by atoms with E-state index in [1.165, 1.54) is 18.2 Å². The second-order valence-corrected chi connectivity index (χ2v) is 25.8. The number of amides is 2. The number of ether oxygens (including phenoxy) is 4. The molecule has 0 radical (unpaired) electrons. The lowest BCUT2D eigenvalue weighted by Crippen LogP contribution is -2.31. The number of carboxylic acid groups (broad SMARTS) is 3. The summed E-state index contributed by atoms with van der Waals surface area (Å²) >= 11 is 25.7. The van der Waals surface area contributed by atoms with Gasteiger partial charge in [-0.25, -0.2) is 40.7 Å². The molecule has 5 aromatic carbocycles. The van der Waals surface area contributed by atoms with E-state index < -0.39 is 68.3 Å². The second-order valence-electron chi connectivity index (χ2n) is 20.6. The summed E-state index contributed by atoms with van der Waals surface area (Å²) < 4.78 is 174. The molecule has 2 unspecified atom stereocenters. The quantitative estimate of drug-likeness (QED) is 0.0146. The van der Waals surface area contributed by atoms with Gasteiger partial charge in [0.2, 0.25) is 20.0 Å². The van der Waals surface area contributed by atoms with E-state index in [9.17, 15) is 65.9 Å². The molecule has 530 valence electrons. The first-order chi connectivity index (χ1) is 44.7. The van der Waals surface area contributed by atoms with Gasteiger partial charge in [-0.1, -0.05) is 70.7 Å². The first-order valence-corrected chi connectivity index (χ1v) is 32.4. The van der Waals surface area contributed by atoms with Gasteiger partial charge in [0.25, 0.3) is 11.8 Å². The molecular weight excluding hydrogens is 1430 g/mol. The summed E-state index contributed by atoms with van der Waals surface area (Å²) in [6, 6.07) is 25.3. The molecular formula is C58H64Cl4F9N7O16S2. The number of likely N-dealkylation sites (N-methyl/N-ethyl adjacent to an activating group) is 2. The lowest BCUT2D eigenvalue weighted by molar-refractivity contribution is -0.193. The lowest BCUT2D eigenvalue weighted by atomic mass is 9.85. The monoisotopic (exact) mass is 1490 g/mol. The maximum atomic E-state index is 13.0. The SMILES string of the molecule is CN1Cc2c(Cl)cc(Cl)cc2C(c2ccc(S(=O)(=O)NCCOCCOCCNC(=O)c3cc(N)cc(C(=O)NCCOCCOCCNS(=O)(=O)c4ccc(C5CN(C)Cc6c(Cl)cc(Cl)cc65)cc4)c3)cc2)C1.O=C(O)C(F)(F)F.O=C(O)C(F)(F)F.O=C(O)C(F)(F)F. The Balaban J connectivity index is 0.000000804. The highest BCUT2D eigenvalue weighted by atomic mass is 35.5. The van der Waals surface area contributed by atoms with Gasteiger partial charge in [0.05, 0.1) is 62.6 Å². The van der Waals surface area contributed by atoms with Gasteiger partial charge in [-0.3, -0.25) is 9.59 Å². The minimum absolute atomic E-state index is 0.0143. The molecule has 0 aliphatic carbocycles. The number of nitrogens with two attached hydrogens (primary N) is 1. The molecule has 2 atom stereocenters. The molecule has 23 nitrogen and oxygen atoms in total. The van der Waals surface area contributed by atoms with Crippen molar-refractivity contribution in [3.05, 3.63) is 156 Å². The van der Waals surface area contributed by atoms with Crippen molar-refractivity contribution in [2.24, 2.45) is 0 Å². The van der Waals surface area contributed by atoms with Crippen LogP contribution in [-0.4, -0.2) is 196 Å². The zero-order chi connectivity index (χ0) is 71.9. The van der Waals surface area contributed by atoms with Gasteiger partial charge in [-0.2, -0.15) is 39.5 Å². The predicted octanol–water partition coefficient (Wildman–Crippen LogP) is 8.42. The van der Waals surface area contributed by atoms with E-state index in [0.717, 1.165) is 46.5 Å². The number of aliphatic carboxylic acids is 3. The molecule has 2 heterocycles. The number of nitrogens with zero attached hydrogens (tertiary/aromatic N) is 2. The molecule has 38 heteroatoms.